The summed E-state index contributed by atoms with van der Waals surface area (Å²) in [5.41, 5.74) is 12.6. The summed E-state index contributed by atoms with van der Waals surface area (Å²) < 4.78 is 153. The van der Waals surface area contributed by atoms with Crippen molar-refractivity contribution >= 4 is 128 Å². The van der Waals surface area contributed by atoms with Crippen molar-refractivity contribution in [2.75, 3.05) is 74.0 Å². The maximum atomic E-state index is 13.9. The minimum atomic E-state index is -4.37. The molecule has 0 radical (unpaired) electrons. The smallest absolute Gasteiger partial charge is 0.371 e. The Balaban J connectivity index is 0.000000211. The van der Waals surface area contributed by atoms with E-state index in [1.54, 1.807) is 134 Å². The van der Waals surface area contributed by atoms with Crippen LogP contribution in [0.3, 0.4) is 0 Å². The van der Waals surface area contributed by atoms with E-state index in [0.29, 0.717) is 79.8 Å². The molecule has 4 amide bonds. The molecule has 144 heavy (non-hydrogen) atoms. The Morgan fingerprint density at radius 1 is 0.424 bits per heavy atom. The normalized spacial score (nSPS) is 20.7. The molecule has 4 aromatic carbocycles. The van der Waals surface area contributed by atoms with Gasteiger partial charge in [-0.25, -0.2) is 89.8 Å². The van der Waals surface area contributed by atoms with Crippen LogP contribution in [0.15, 0.2) is 181 Å². The van der Waals surface area contributed by atoms with Gasteiger partial charge in [-0.15, -0.1) is 4.15 Å². The summed E-state index contributed by atoms with van der Waals surface area (Å²) in [4.78, 5) is 114. The zero-order valence-corrected chi connectivity index (χ0v) is 84.0. The molecule has 0 spiro atoms. The van der Waals surface area contributed by atoms with Crippen molar-refractivity contribution in [3.05, 3.63) is 227 Å². The Bertz CT molecular complexity index is 6840. The number of nitrogens with one attached hydrogen (secondary N) is 4. The Morgan fingerprint density at radius 2 is 0.750 bits per heavy atom. The topological polar surface area (TPSA) is 558 Å². The number of carbonyl (C=O) groups excluding carboxylic acids is 4. The molecule has 4 fully saturated rings. The van der Waals surface area contributed by atoms with Gasteiger partial charge in [-0.1, -0.05) is 72.8 Å². The quantitative estimate of drug-likeness (QED) is 0.00689. The number of nitrogens with zero attached hydrogens (tertiary/aromatic N) is 22. The van der Waals surface area contributed by atoms with Crippen LogP contribution in [0.5, 0.6) is 0 Å². The Morgan fingerprint density at radius 3 is 1.08 bits per heavy atom. The number of hydrogen-bond acceptors (Lipinski definition) is 34. The molecule has 4 N–H and O–H groups in total. The van der Waals surface area contributed by atoms with E-state index in [2.05, 4.69) is 104 Å². The van der Waals surface area contributed by atoms with Crippen LogP contribution in [0.1, 0.15) is 175 Å². The van der Waals surface area contributed by atoms with E-state index in [-0.39, 0.29) is 137 Å². The second-order valence-electron chi connectivity index (χ2n) is 34.5. The lowest BCUT2D eigenvalue weighted by Gasteiger charge is -2.30. The SMILES string of the molecule is CC(C)S(=O)(=O)N=[N+]=[N-].[C-]#[N+]CCOP(=NS(=O)(=O)C(C)C)(OC[C@H]1O[C@@H](n2cnc3c(NC(=O)c4ccccc4)ncnc32)C[C@H]1OC(C)C)O[C@@H]1C[C@H](n2cnc3c(NC(=O)c4ccccc4)ncnc32)O[C@@H]1COC(C)C.[C-]#[N+]CCOP(OC[C@H]1O[C@@H](n2cnc3c(NC(=O)c4ccccc4)ncnc32)C[C@H]1OC(C)C)O[C@@H]1C[C@H](n2cnc3c(NC(=O)c4ccccc4)ncnc32)O[C@@H]1COC(C)C. The molecule has 4 saturated heterocycles. The average molecular weight is 2060 g/mol. The number of benzene rings is 4. The van der Waals surface area contributed by atoms with E-state index >= 15 is 0 Å². The highest BCUT2D eigenvalue weighted by molar-refractivity contribution is 7.93. The Kier molecular flexibility index (Phi) is 36.9. The number of amides is 4. The van der Waals surface area contributed by atoms with Crippen molar-refractivity contribution in [3.63, 3.8) is 0 Å². The highest BCUT2D eigenvalue weighted by Gasteiger charge is 2.48. The molecule has 14 atom stereocenters. The van der Waals surface area contributed by atoms with Gasteiger partial charge in [0.25, 0.3) is 33.7 Å². The van der Waals surface area contributed by atoms with Crippen LogP contribution in [0, 0.1) is 13.1 Å². The third-order valence-electron chi connectivity index (χ3n) is 22.2. The molecule has 12 heterocycles. The predicted octanol–water partition coefficient (Wildman–Crippen LogP) is 14.6. The fourth-order valence-corrected chi connectivity index (χ4v) is 20.4. The Hall–Kier alpha value is -12.8. The first-order valence-corrected chi connectivity index (χ1v) is 51.7. The number of ether oxygens (including phenoxy) is 8. The lowest BCUT2D eigenvalue weighted by molar-refractivity contribution is -0.0807. The van der Waals surface area contributed by atoms with E-state index in [1.165, 1.54) is 65.7 Å². The van der Waals surface area contributed by atoms with Crippen molar-refractivity contribution in [2.45, 2.75) is 217 Å². The number of aromatic nitrogens is 16. The summed E-state index contributed by atoms with van der Waals surface area (Å²) in [6.07, 6.45) is 3.96. The van der Waals surface area contributed by atoms with Crippen molar-refractivity contribution in [1.29, 1.82) is 0 Å². The van der Waals surface area contributed by atoms with Gasteiger partial charge in [0.05, 0.1) is 105 Å². The number of imidazole rings is 4. The number of sulfonamides is 2. The van der Waals surface area contributed by atoms with Crippen LogP contribution >= 0.6 is 16.3 Å². The third-order valence-corrected chi connectivity index (χ3v) is 29.3. The minimum Gasteiger partial charge on any atom is -0.376 e. The second-order valence-corrected chi connectivity index (χ2v) is 42.1. The lowest BCUT2D eigenvalue weighted by Crippen LogP contribution is -2.33. The van der Waals surface area contributed by atoms with E-state index in [9.17, 15) is 36.0 Å². The summed E-state index contributed by atoms with van der Waals surface area (Å²) in [6, 6.07) is 35.0. The van der Waals surface area contributed by atoms with Crippen LogP contribution in [0.2, 0.25) is 0 Å². The standard InChI is InChI=1S/C46H55N12O11PS.C43H48N11O9P.C3H7N3O2S/c1-28(2)63-22-35-34(21-38(67-35)58-27-53-40-42(49-25-51-44(40)58)55-46(60)32-16-12-9-13-17-32)69-70(64-19-18-47-7,56-71(61,62)30(5)6)65-23-36-33(66-29(3)4)20-37(68-36)57-26-52-39-41(48-24-50-43(39)57)54-45(59)31-14-10-8-11-15-31;1-26(2)57-20-32-31(19-35(61-32)54-25-50-37-39(46-23-48-41(37)54)52-43(56)29-14-10-7-11-15-29)63-64(58-17-16-44-5)59-21-33-30(60-27(3)4)18-34(62-33)53-24-49-36-38(45-22-47-40(36)53)51-42(55)28-12-8-6-9-13-28;1-3(2)9(7,8)6-5-4/h8-17,24-30,33-38H,18-23H2,1-6H3,(H,48,50,54,59)(H,49,51,55,60);6-15,22-27,30-35H,16-21H2,1-4H3,(H,45,47,51,55)(H,46,48,52,56);3H,1-2H3/t33-,34-,35-,36-,37-,38-,70?;30-,31-,32-,33-,34-,35-,64?;/m11./s1. The molecule has 2 unspecified atom stereocenters. The molecule has 4 aliphatic heterocycles. The molecule has 16 rings (SSSR count). The first-order chi connectivity index (χ1) is 69.3. The van der Waals surface area contributed by atoms with E-state index in [4.69, 9.17) is 83.7 Å². The highest BCUT2D eigenvalue weighted by Crippen LogP contribution is 2.59. The molecule has 52 heteroatoms. The summed E-state index contributed by atoms with van der Waals surface area (Å²) in [5.74, 6) is -0.503. The number of rotatable bonds is 42. The maximum absolute atomic E-state index is 13.9. The first kappa shape index (κ1) is 107. The lowest BCUT2D eigenvalue weighted by atomic mass is 10.2. The van der Waals surface area contributed by atoms with E-state index in [1.807, 2.05) is 73.6 Å². The fraction of sp³-hybridized carbons (Fsp3) is 0.457. The van der Waals surface area contributed by atoms with E-state index in [0.717, 1.165) is 0 Å². The Labute approximate surface area is 830 Å². The van der Waals surface area contributed by atoms with Crippen molar-refractivity contribution in [1.82, 2.24) is 78.1 Å². The molecule has 12 aromatic rings. The number of hydrogen-bond donors (Lipinski definition) is 4. The summed E-state index contributed by atoms with van der Waals surface area (Å²) >= 11 is 0. The minimum absolute atomic E-state index is 0.00952. The molecule has 0 bridgehead atoms. The van der Waals surface area contributed by atoms with Crippen LogP contribution in [0.4, 0.5) is 23.3 Å². The van der Waals surface area contributed by atoms with Crippen molar-refractivity contribution < 1.29 is 101 Å². The number of carbonyl (C=O) groups is 4. The van der Waals surface area contributed by atoms with Gasteiger partial charge < -0.3 is 82.4 Å². The van der Waals surface area contributed by atoms with Gasteiger partial charge in [0.2, 0.25) is 23.1 Å². The van der Waals surface area contributed by atoms with Gasteiger partial charge in [0, 0.05) is 57.4 Å². The van der Waals surface area contributed by atoms with Gasteiger partial charge in [-0.05, 0) is 137 Å². The molecule has 762 valence electrons. The number of fused-ring (bicyclic) bond motifs is 4. The number of azide groups is 1. The monoisotopic (exact) mass is 2060 g/mol. The maximum Gasteiger partial charge on any atom is 0.371 e. The molecular formula is C92H110N26O22P2S2. The molecule has 0 aliphatic carbocycles. The molecule has 48 nitrogen and oxygen atoms in total. The van der Waals surface area contributed by atoms with Gasteiger partial charge in [-0.2, -0.15) is 0 Å². The van der Waals surface area contributed by atoms with Gasteiger partial charge in [0.1, 0.15) is 94.0 Å². The number of anilines is 4. The predicted molar refractivity (Wildman–Crippen MR) is 525 cm³/mol. The highest BCUT2D eigenvalue weighted by atomic mass is 32.2. The molecule has 8 aromatic heterocycles. The first-order valence-electron chi connectivity index (χ1n) is 46.1. The van der Waals surface area contributed by atoms with Crippen LogP contribution in [0.25, 0.3) is 64.8 Å². The van der Waals surface area contributed by atoms with E-state index < -0.39 is 121 Å². The zero-order valence-electron chi connectivity index (χ0n) is 80.6. The zero-order chi connectivity index (χ0) is 102. The van der Waals surface area contributed by atoms with Crippen LogP contribution in [-0.4, -0.2) is 255 Å². The summed E-state index contributed by atoms with van der Waals surface area (Å²) in [6.45, 7) is 35.6. The fourth-order valence-electron chi connectivity index (χ4n) is 15.1. The second kappa shape index (κ2) is 49.7. The molecule has 0 saturated carbocycles. The van der Waals surface area contributed by atoms with Gasteiger partial charge >= 0.3 is 16.3 Å². The summed E-state index contributed by atoms with van der Waals surface area (Å²) in [7, 11) is -14.3. The summed E-state index contributed by atoms with van der Waals surface area (Å²) in [5, 5.41) is 9.67. The van der Waals surface area contributed by atoms with Crippen molar-refractivity contribution in [2.24, 2.45) is 8.67 Å². The average Bonchev–Trinajstić information content (AvgIpc) is 1.57. The van der Waals surface area contributed by atoms with Crippen LogP contribution < -0.4 is 21.3 Å². The van der Waals surface area contributed by atoms with Crippen molar-refractivity contribution in [3.8, 4) is 0 Å². The van der Waals surface area contributed by atoms with Gasteiger partial charge in [-0.3, -0.25) is 51.0 Å². The molecule has 4 aliphatic rings. The van der Waals surface area contributed by atoms with Crippen LogP contribution in [-0.2, 0) is 85.1 Å². The van der Waals surface area contributed by atoms with Gasteiger partial charge in [0.15, 0.2) is 67.9 Å². The largest absolute Gasteiger partial charge is 0.376 e. The molecular weight excluding hydrogens is 1950 g/mol. The third kappa shape index (κ3) is 27.5.